The van der Waals surface area contributed by atoms with Crippen LogP contribution in [-0.4, -0.2) is 66.5 Å². The lowest BCUT2D eigenvalue weighted by molar-refractivity contribution is 0.0943. The maximum atomic E-state index is 12.7. The van der Waals surface area contributed by atoms with Crippen LogP contribution >= 0.6 is 0 Å². The first-order valence-electron chi connectivity index (χ1n) is 10.7. The van der Waals surface area contributed by atoms with Gasteiger partial charge in [0.2, 0.25) is 0 Å². The standard InChI is InChI=1S/C23H29N5O2/c1-2-27-12-14-28(15-13-27)11-6-10-24-23(29)20-17-21-19(9-16-30-21)22(26-20)25-18-7-4-3-5-8-18/h3-5,7-9,16-17H,2,6,10-15H2,1H3,(H,24,29)(H,25,26). The number of furan rings is 1. The highest BCUT2D eigenvalue weighted by Gasteiger charge is 2.16. The molecule has 0 spiro atoms. The summed E-state index contributed by atoms with van der Waals surface area (Å²) in [4.78, 5) is 22.2. The summed E-state index contributed by atoms with van der Waals surface area (Å²) in [5.74, 6) is 0.437. The molecule has 30 heavy (non-hydrogen) atoms. The Balaban J connectivity index is 1.34. The molecule has 0 bridgehead atoms. The van der Waals surface area contributed by atoms with Crippen LogP contribution in [0, 0.1) is 0 Å². The molecule has 4 rings (SSSR count). The van der Waals surface area contributed by atoms with Gasteiger partial charge in [0, 0.05) is 44.5 Å². The van der Waals surface area contributed by atoms with E-state index in [-0.39, 0.29) is 5.91 Å². The van der Waals surface area contributed by atoms with Crippen LogP contribution in [0.5, 0.6) is 0 Å². The molecule has 0 aliphatic carbocycles. The zero-order valence-corrected chi connectivity index (χ0v) is 17.4. The molecule has 158 valence electrons. The Hall–Kier alpha value is -2.90. The topological polar surface area (TPSA) is 73.6 Å². The van der Waals surface area contributed by atoms with Crippen LogP contribution in [0.3, 0.4) is 0 Å². The van der Waals surface area contributed by atoms with Crippen LogP contribution in [0.4, 0.5) is 11.5 Å². The van der Waals surface area contributed by atoms with Gasteiger partial charge in [0.15, 0.2) is 0 Å². The quantitative estimate of drug-likeness (QED) is 0.558. The number of rotatable bonds is 8. The number of pyridine rings is 1. The molecular weight excluding hydrogens is 378 g/mol. The van der Waals surface area contributed by atoms with Gasteiger partial charge in [0.25, 0.3) is 5.91 Å². The third-order valence-corrected chi connectivity index (χ3v) is 5.57. The van der Waals surface area contributed by atoms with Crippen molar-refractivity contribution in [2.75, 3.05) is 51.1 Å². The lowest BCUT2D eigenvalue weighted by Crippen LogP contribution is -2.46. The Labute approximate surface area is 177 Å². The number of likely N-dealkylation sites (N-methyl/N-ethyl adjacent to an activating group) is 1. The van der Waals surface area contributed by atoms with E-state index < -0.39 is 0 Å². The Morgan fingerprint density at radius 2 is 1.87 bits per heavy atom. The van der Waals surface area contributed by atoms with E-state index in [1.807, 2.05) is 36.4 Å². The second-order valence-electron chi connectivity index (χ2n) is 7.56. The van der Waals surface area contributed by atoms with Crippen LogP contribution in [-0.2, 0) is 0 Å². The highest BCUT2D eigenvalue weighted by Crippen LogP contribution is 2.26. The molecule has 1 aliphatic rings. The van der Waals surface area contributed by atoms with Gasteiger partial charge in [-0.1, -0.05) is 25.1 Å². The van der Waals surface area contributed by atoms with Gasteiger partial charge >= 0.3 is 0 Å². The highest BCUT2D eigenvalue weighted by atomic mass is 16.3. The van der Waals surface area contributed by atoms with Gasteiger partial charge < -0.3 is 24.9 Å². The molecule has 1 aromatic carbocycles. The molecule has 3 aromatic rings. The molecule has 7 heteroatoms. The minimum Gasteiger partial charge on any atom is -0.464 e. The average molecular weight is 408 g/mol. The number of nitrogens with one attached hydrogen (secondary N) is 2. The van der Waals surface area contributed by atoms with Crippen molar-refractivity contribution in [3.63, 3.8) is 0 Å². The Morgan fingerprint density at radius 3 is 2.63 bits per heavy atom. The van der Waals surface area contributed by atoms with Crippen molar-refractivity contribution in [2.45, 2.75) is 13.3 Å². The van der Waals surface area contributed by atoms with E-state index in [2.05, 4.69) is 32.3 Å². The molecular formula is C23H29N5O2. The number of benzene rings is 1. The Morgan fingerprint density at radius 1 is 1.10 bits per heavy atom. The lowest BCUT2D eigenvalue weighted by Gasteiger charge is -2.33. The Bertz CT molecular complexity index is 964. The monoisotopic (exact) mass is 407 g/mol. The predicted octanol–water partition coefficient (Wildman–Crippen LogP) is 3.33. The summed E-state index contributed by atoms with van der Waals surface area (Å²) in [6.45, 7) is 9.44. The molecule has 1 saturated heterocycles. The molecule has 2 aromatic heterocycles. The zero-order chi connectivity index (χ0) is 20.8. The molecule has 0 atom stereocenters. The number of hydrogen-bond acceptors (Lipinski definition) is 6. The van der Waals surface area contributed by atoms with Crippen molar-refractivity contribution in [3.05, 3.63) is 54.4 Å². The van der Waals surface area contributed by atoms with E-state index in [0.29, 0.717) is 23.6 Å². The molecule has 0 saturated carbocycles. The third kappa shape index (κ3) is 4.98. The lowest BCUT2D eigenvalue weighted by atomic mass is 10.2. The summed E-state index contributed by atoms with van der Waals surface area (Å²) in [6.07, 6.45) is 2.54. The van der Waals surface area contributed by atoms with Crippen LogP contribution in [0.15, 0.2) is 53.1 Å². The van der Waals surface area contributed by atoms with Crippen molar-refractivity contribution < 1.29 is 9.21 Å². The number of fused-ring (bicyclic) bond motifs is 1. The summed E-state index contributed by atoms with van der Waals surface area (Å²) < 4.78 is 5.54. The first-order valence-corrected chi connectivity index (χ1v) is 10.7. The second kappa shape index (κ2) is 9.73. The number of aromatic nitrogens is 1. The van der Waals surface area contributed by atoms with Crippen molar-refractivity contribution in [1.82, 2.24) is 20.1 Å². The third-order valence-electron chi connectivity index (χ3n) is 5.57. The minimum atomic E-state index is -0.180. The van der Waals surface area contributed by atoms with Gasteiger partial charge in [0.05, 0.1) is 11.6 Å². The predicted molar refractivity (Wildman–Crippen MR) is 119 cm³/mol. The van der Waals surface area contributed by atoms with E-state index in [1.165, 1.54) is 0 Å². The van der Waals surface area contributed by atoms with E-state index >= 15 is 0 Å². The molecule has 1 fully saturated rings. The smallest absolute Gasteiger partial charge is 0.270 e. The first-order chi connectivity index (χ1) is 14.7. The molecule has 2 N–H and O–H groups in total. The number of amides is 1. The number of carbonyl (C=O) groups is 1. The fourth-order valence-electron chi connectivity index (χ4n) is 3.76. The van der Waals surface area contributed by atoms with Crippen LogP contribution < -0.4 is 10.6 Å². The molecule has 0 unspecified atom stereocenters. The molecule has 1 amide bonds. The molecule has 0 radical (unpaired) electrons. The largest absolute Gasteiger partial charge is 0.464 e. The first kappa shape index (κ1) is 20.4. The number of nitrogens with zero attached hydrogens (tertiary/aromatic N) is 3. The van der Waals surface area contributed by atoms with Crippen LogP contribution in [0.25, 0.3) is 11.0 Å². The van der Waals surface area contributed by atoms with Crippen LogP contribution in [0.1, 0.15) is 23.8 Å². The van der Waals surface area contributed by atoms with E-state index in [0.717, 1.165) is 56.8 Å². The zero-order valence-electron chi connectivity index (χ0n) is 17.4. The number of anilines is 2. The fourth-order valence-corrected chi connectivity index (χ4v) is 3.76. The fraction of sp³-hybridized carbons (Fsp3) is 0.391. The minimum absolute atomic E-state index is 0.180. The maximum Gasteiger partial charge on any atom is 0.270 e. The summed E-state index contributed by atoms with van der Waals surface area (Å²) in [6, 6.07) is 13.3. The average Bonchev–Trinajstić information content (AvgIpc) is 3.27. The number of hydrogen-bond donors (Lipinski definition) is 2. The van der Waals surface area contributed by atoms with Gasteiger partial charge in [-0.25, -0.2) is 4.98 Å². The van der Waals surface area contributed by atoms with Gasteiger partial charge in [-0.3, -0.25) is 4.79 Å². The summed E-state index contributed by atoms with van der Waals surface area (Å²) in [5.41, 5.74) is 1.91. The molecule has 3 heterocycles. The van der Waals surface area contributed by atoms with Gasteiger partial charge in [-0.2, -0.15) is 0 Å². The van der Waals surface area contributed by atoms with Gasteiger partial charge in [-0.15, -0.1) is 0 Å². The second-order valence-corrected chi connectivity index (χ2v) is 7.56. The van der Waals surface area contributed by atoms with Crippen molar-refractivity contribution in [3.8, 4) is 0 Å². The van der Waals surface area contributed by atoms with Crippen molar-refractivity contribution in [2.24, 2.45) is 0 Å². The number of piperazine rings is 1. The van der Waals surface area contributed by atoms with E-state index in [9.17, 15) is 4.79 Å². The maximum absolute atomic E-state index is 12.7. The van der Waals surface area contributed by atoms with Gasteiger partial charge in [-0.05, 0) is 37.7 Å². The van der Waals surface area contributed by atoms with Crippen molar-refractivity contribution in [1.29, 1.82) is 0 Å². The number of para-hydroxylation sites is 1. The summed E-state index contributed by atoms with van der Waals surface area (Å²) >= 11 is 0. The van der Waals surface area contributed by atoms with E-state index in [4.69, 9.17) is 4.42 Å². The summed E-state index contributed by atoms with van der Waals surface area (Å²) in [5, 5.41) is 7.13. The van der Waals surface area contributed by atoms with E-state index in [1.54, 1.807) is 12.3 Å². The van der Waals surface area contributed by atoms with Crippen molar-refractivity contribution >= 4 is 28.4 Å². The highest BCUT2D eigenvalue weighted by molar-refractivity contribution is 5.99. The number of carbonyl (C=O) groups excluding carboxylic acids is 1. The van der Waals surface area contributed by atoms with Crippen LogP contribution in [0.2, 0.25) is 0 Å². The Kier molecular flexibility index (Phi) is 6.61. The van der Waals surface area contributed by atoms with Gasteiger partial charge in [0.1, 0.15) is 17.1 Å². The molecule has 1 aliphatic heterocycles. The SMILES string of the molecule is CCN1CCN(CCCNC(=O)c2cc3occc3c(Nc3ccccc3)n2)CC1. The normalized spacial score (nSPS) is 15.4. The molecule has 7 nitrogen and oxygen atoms in total. The summed E-state index contributed by atoms with van der Waals surface area (Å²) in [7, 11) is 0.